The molecule has 14 heavy (non-hydrogen) atoms. The van der Waals surface area contributed by atoms with Gasteiger partial charge in [-0.25, -0.2) is 9.48 Å². The molecule has 0 fully saturated rings. The fraction of sp³-hybridized carbons (Fsp3) is 0.600. The summed E-state index contributed by atoms with van der Waals surface area (Å²) >= 11 is 0. The Morgan fingerprint density at radius 1 is 1.50 bits per heavy atom. The van der Waals surface area contributed by atoms with Gasteiger partial charge in [0.1, 0.15) is 5.82 Å². The van der Waals surface area contributed by atoms with E-state index in [1.807, 2.05) is 20.8 Å². The molecule has 0 aliphatic heterocycles. The minimum Gasteiger partial charge on any atom is -0.282 e. The molecule has 0 aliphatic rings. The van der Waals surface area contributed by atoms with Gasteiger partial charge in [-0.1, -0.05) is 26.8 Å². The van der Waals surface area contributed by atoms with Gasteiger partial charge in [-0.15, -0.1) is 6.58 Å². The molecule has 0 saturated heterocycles. The molecule has 0 aromatic carbocycles. The Hall–Kier alpha value is -1.32. The van der Waals surface area contributed by atoms with Crippen molar-refractivity contribution in [3.63, 3.8) is 0 Å². The van der Waals surface area contributed by atoms with Crippen LogP contribution in [0.2, 0.25) is 0 Å². The molecular formula is C10H17N3O. The molecule has 4 nitrogen and oxygen atoms in total. The van der Waals surface area contributed by atoms with Crippen LogP contribution in [0.25, 0.3) is 0 Å². The molecule has 0 radical (unpaired) electrons. The van der Waals surface area contributed by atoms with Crippen molar-refractivity contribution < 1.29 is 0 Å². The van der Waals surface area contributed by atoms with Gasteiger partial charge in [0.25, 0.3) is 0 Å². The largest absolute Gasteiger partial charge is 0.345 e. The SMILES string of the molecule is C=CCn1nc(C(C)(C)C)n(C)c1=O. The molecule has 0 saturated carbocycles. The van der Waals surface area contributed by atoms with Crippen LogP contribution in [0.15, 0.2) is 17.4 Å². The summed E-state index contributed by atoms with van der Waals surface area (Å²) in [5.41, 5.74) is -0.199. The third-order valence-corrected chi connectivity index (χ3v) is 2.01. The Morgan fingerprint density at radius 3 is 2.43 bits per heavy atom. The number of hydrogen-bond acceptors (Lipinski definition) is 2. The minimum absolute atomic E-state index is 0.0881. The molecule has 1 aromatic heterocycles. The van der Waals surface area contributed by atoms with Crippen LogP contribution in [-0.2, 0) is 19.0 Å². The van der Waals surface area contributed by atoms with E-state index in [9.17, 15) is 4.79 Å². The van der Waals surface area contributed by atoms with Gasteiger partial charge in [-0.05, 0) is 0 Å². The Morgan fingerprint density at radius 2 is 2.07 bits per heavy atom. The highest BCUT2D eigenvalue weighted by Gasteiger charge is 2.22. The summed E-state index contributed by atoms with van der Waals surface area (Å²) in [5, 5.41) is 4.27. The molecule has 1 heterocycles. The molecule has 0 spiro atoms. The summed E-state index contributed by atoms with van der Waals surface area (Å²) in [5.74, 6) is 0.796. The minimum atomic E-state index is -0.111. The molecule has 0 aliphatic carbocycles. The first-order chi connectivity index (χ1) is 6.38. The van der Waals surface area contributed by atoms with E-state index in [0.29, 0.717) is 6.54 Å². The summed E-state index contributed by atoms with van der Waals surface area (Å²) in [6, 6.07) is 0. The van der Waals surface area contributed by atoms with E-state index >= 15 is 0 Å². The van der Waals surface area contributed by atoms with E-state index in [4.69, 9.17) is 0 Å². The highest BCUT2D eigenvalue weighted by atomic mass is 16.2. The Kier molecular flexibility index (Phi) is 2.64. The summed E-state index contributed by atoms with van der Waals surface area (Å²) in [4.78, 5) is 11.6. The van der Waals surface area contributed by atoms with Crippen LogP contribution in [-0.4, -0.2) is 14.3 Å². The van der Waals surface area contributed by atoms with E-state index in [1.165, 1.54) is 4.68 Å². The molecule has 4 heteroatoms. The maximum Gasteiger partial charge on any atom is 0.345 e. The fourth-order valence-electron chi connectivity index (χ4n) is 1.38. The fourth-order valence-corrected chi connectivity index (χ4v) is 1.38. The van der Waals surface area contributed by atoms with E-state index < -0.39 is 0 Å². The van der Waals surface area contributed by atoms with Crippen LogP contribution in [0.4, 0.5) is 0 Å². The number of rotatable bonds is 2. The van der Waals surface area contributed by atoms with Crippen LogP contribution >= 0.6 is 0 Å². The van der Waals surface area contributed by atoms with Crippen molar-refractivity contribution in [3.05, 3.63) is 29.0 Å². The van der Waals surface area contributed by atoms with Gasteiger partial charge < -0.3 is 0 Å². The number of nitrogens with zero attached hydrogens (tertiary/aromatic N) is 3. The summed E-state index contributed by atoms with van der Waals surface area (Å²) < 4.78 is 3.01. The van der Waals surface area contributed by atoms with Crippen LogP contribution in [0.3, 0.4) is 0 Å². The predicted octanol–water partition coefficient (Wildman–Crippen LogP) is 1.07. The average Bonchev–Trinajstić information content (AvgIpc) is 2.32. The number of hydrogen-bond donors (Lipinski definition) is 0. The molecule has 0 unspecified atom stereocenters. The Labute approximate surface area is 83.9 Å². The highest BCUT2D eigenvalue weighted by Crippen LogP contribution is 2.17. The van der Waals surface area contributed by atoms with Crippen molar-refractivity contribution in [2.24, 2.45) is 7.05 Å². The maximum absolute atomic E-state index is 11.6. The maximum atomic E-state index is 11.6. The first kappa shape index (κ1) is 10.8. The van der Waals surface area contributed by atoms with Gasteiger partial charge in [0, 0.05) is 12.5 Å². The van der Waals surface area contributed by atoms with E-state index in [0.717, 1.165) is 5.82 Å². The summed E-state index contributed by atoms with van der Waals surface area (Å²) in [6.07, 6.45) is 1.67. The lowest BCUT2D eigenvalue weighted by molar-refractivity contribution is 0.513. The number of allylic oxidation sites excluding steroid dienone is 1. The molecule has 0 amide bonds. The normalized spacial score (nSPS) is 11.7. The first-order valence-corrected chi connectivity index (χ1v) is 4.63. The Bertz CT molecular complexity index is 392. The van der Waals surface area contributed by atoms with Crippen molar-refractivity contribution in [1.29, 1.82) is 0 Å². The van der Waals surface area contributed by atoms with E-state index in [-0.39, 0.29) is 11.1 Å². The third-order valence-electron chi connectivity index (χ3n) is 2.01. The van der Waals surface area contributed by atoms with Crippen LogP contribution < -0.4 is 5.69 Å². The van der Waals surface area contributed by atoms with Gasteiger partial charge in [-0.3, -0.25) is 4.57 Å². The second-order valence-electron chi connectivity index (χ2n) is 4.39. The second-order valence-corrected chi connectivity index (χ2v) is 4.39. The second kappa shape index (κ2) is 3.44. The zero-order chi connectivity index (χ0) is 10.9. The molecule has 1 aromatic rings. The van der Waals surface area contributed by atoms with Crippen molar-refractivity contribution in [2.45, 2.75) is 32.7 Å². The van der Waals surface area contributed by atoms with Crippen LogP contribution in [0.1, 0.15) is 26.6 Å². The van der Waals surface area contributed by atoms with E-state index in [2.05, 4.69) is 11.7 Å². The van der Waals surface area contributed by atoms with Gasteiger partial charge in [0.05, 0.1) is 6.54 Å². The van der Waals surface area contributed by atoms with Gasteiger partial charge >= 0.3 is 5.69 Å². The van der Waals surface area contributed by atoms with Crippen LogP contribution in [0.5, 0.6) is 0 Å². The van der Waals surface area contributed by atoms with Crippen LogP contribution in [0, 0.1) is 0 Å². The van der Waals surface area contributed by atoms with Gasteiger partial charge in [0.15, 0.2) is 0 Å². The zero-order valence-corrected chi connectivity index (χ0v) is 9.24. The van der Waals surface area contributed by atoms with Gasteiger partial charge in [-0.2, -0.15) is 5.10 Å². The molecule has 78 valence electrons. The van der Waals surface area contributed by atoms with Crippen molar-refractivity contribution in [1.82, 2.24) is 14.3 Å². The molecular weight excluding hydrogens is 178 g/mol. The zero-order valence-electron chi connectivity index (χ0n) is 9.24. The monoisotopic (exact) mass is 195 g/mol. The Balaban J connectivity index is 3.29. The lowest BCUT2D eigenvalue weighted by Crippen LogP contribution is -2.24. The predicted molar refractivity (Wildman–Crippen MR) is 56.4 cm³/mol. The number of aromatic nitrogens is 3. The average molecular weight is 195 g/mol. The van der Waals surface area contributed by atoms with E-state index in [1.54, 1.807) is 17.7 Å². The first-order valence-electron chi connectivity index (χ1n) is 4.63. The topological polar surface area (TPSA) is 39.8 Å². The standard InChI is InChI=1S/C10H17N3O/c1-6-7-13-9(14)12(5)8(11-13)10(2,3)4/h6H,1,7H2,2-5H3. The lowest BCUT2D eigenvalue weighted by Gasteiger charge is -2.15. The smallest absolute Gasteiger partial charge is 0.282 e. The third kappa shape index (κ3) is 1.78. The molecule has 0 atom stereocenters. The van der Waals surface area contributed by atoms with Crippen molar-refractivity contribution >= 4 is 0 Å². The van der Waals surface area contributed by atoms with Crippen molar-refractivity contribution in [2.75, 3.05) is 0 Å². The van der Waals surface area contributed by atoms with Gasteiger partial charge in [0.2, 0.25) is 0 Å². The quantitative estimate of drug-likeness (QED) is 0.662. The van der Waals surface area contributed by atoms with Crippen molar-refractivity contribution in [3.8, 4) is 0 Å². The highest BCUT2D eigenvalue weighted by molar-refractivity contribution is 5.01. The molecule has 0 bridgehead atoms. The lowest BCUT2D eigenvalue weighted by atomic mass is 9.96. The molecule has 0 N–H and O–H groups in total. The summed E-state index contributed by atoms with van der Waals surface area (Å²) in [6.45, 7) is 10.2. The molecule has 1 rings (SSSR count). The summed E-state index contributed by atoms with van der Waals surface area (Å²) in [7, 11) is 1.75.